The molecule has 0 amide bonds. The van der Waals surface area contributed by atoms with Crippen LogP contribution in [0, 0.1) is 16.0 Å². The Kier molecular flexibility index (Phi) is 8.08. The molecule has 1 fully saturated rings. The Labute approximate surface area is 149 Å². The van der Waals surface area contributed by atoms with Gasteiger partial charge in [-0.2, -0.15) is 0 Å². The van der Waals surface area contributed by atoms with E-state index in [-0.39, 0.29) is 23.8 Å². The third-order valence-electron chi connectivity index (χ3n) is 4.15. The minimum absolute atomic E-state index is 0. The highest BCUT2D eigenvalue weighted by atomic mass is 35.5. The molecule has 0 aromatic heterocycles. The fourth-order valence-electron chi connectivity index (χ4n) is 2.76. The van der Waals surface area contributed by atoms with Crippen molar-refractivity contribution in [1.82, 2.24) is 9.62 Å². The number of hydrogen-bond acceptors (Lipinski definition) is 5. The number of non-ortho nitro benzene ring substituents is 1. The summed E-state index contributed by atoms with van der Waals surface area (Å²) < 4.78 is 26.5. The normalized spacial score (nSPS) is 16.5. The molecule has 0 unspecified atom stereocenters. The molecule has 1 aliphatic rings. The summed E-state index contributed by atoms with van der Waals surface area (Å²) in [6.45, 7) is 5.02. The maximum Gasteiger partial charge on any atom is 0.269 e. The van der Waals surface area contributed by atoms with E-state index in [0.29, 0.717) is 24.6 Å². The van der Waals surface area contributed by atoms with Crippen molar-refractivity contribution in [2.24, 2.45) is 5.92 Å². The zero-order valence-electron chi connectivity index (χ0n) is 13.7. The zero-order chi connectivity index (χ0) is 16.9. The van der Waals surface area contributed by atoms with E-state index in [4.69, 9.17) is 0 Å². The van der Waals surface area contributed by atoms with Gasteiger partial charge in [0.15, 0.2) is 0 Å². The van der Waals surface area contributed by atoms with E-state index in [1.54, 1.807) is 0 Å². The fourth-order valence-corrected chi connectivity index (χ4v) is 4.32. The molecule has 0 aliphatic carbocycles. The Morgan fingerprint density at radius 1 is 1.25 bits per heavy atom. The van der Waals surface area contributed by atoms with Crippen LogP contribution in [0.5, 0.6) is 0 Å². The Balaban J connectivity index is 0.00000288. The second-order valence-electron chi connectivity index (χ2n) is 5.83. The first-order valence-electron chi connectivity index (χ1n) is 7.84. The number of nitro groups is 1. The number of sulfonamides is 1. The van der Waals surface area contributed by atoms with Crippen molar-refractivity contribution in [2.75, 3.05) is 26.2 Å². The van der Waals surface area contributed by atoms with Crippen LogP contribution >= 0.6 is 12.4 Å². The highest BCUT2D eigenvalue weighted by Gasteiger charge is 2.28. The van der Waals surface area contributed by atoms with Crippen LogP contribution in [-0.4, -0.2) is 43.8 Å². The number of rotatable bonds is 7. The van der Waals surface area contributed by atoms with Gasteiger partial charge in [0.1, 0.15) is 0 Å². The lowest BCUT2D eigenvalue weighted by Crippen LogP contribution is -2.41. The molecule has 0 bridgehead atoms. The third-order valence-corrected chi connectivity index (χ3v) is 6.00. The van der Waals surface area contributed by atoms with Gasteiger partial charge in [-0.1, -0.05) is 19.1 Å². The van der Waals surface area contributed by atoms with Gasteiger partial charge in [0.2, 0.25) is 10.0 Å². The van der Waals surface area contributed by atoms with Crippen molar-refractivity contribution < 1.29 is 13.3 Å². The SMILES string of the molecule is CCNCC1CCN(S(=O)(=O)Cc2ccc([N+](=O)[O-])cc2)CC1.Cl. The molecule has 1 N–H and O–H groups in total. The van der Waals surface area contributed by atoms with E-state index in [1.807, 2.05) is 0 Å². The van der Waals surface area contributed by atoms with E-state index in [2.05, 4.69) is 12.2 Å². The minimum atomic E-state index is -3.37. The van der Waals surface area contributed by atoms with Gasteiger partial charge in [-0.05, 0) is 37.4 Å². The lowest BCUT2D eigenvalue weighted by molar-refractivity contribution is -0.384. The number of nitro benzene ring substituents is 1. The molecule has 0 saturated carbocycles. The molecule has 1 aromatic carbocycles. The summed E-state index contributed by atoms with van der Waals surface area (Å²) in [4.78, 5) is 10.1. The zero-order valence-corrected chi connectivity index (χ0v) is 15.3. The van der Waals surface area contributed by atoms with E-state index < -0.39 is 14.9 Å². The van der Waals surface area contributed by atoms with Crippen LogP contribution in [0.2, 0.25) is 0 Å². The first kappa shape index (κ1) is 20.8. The Morgan fingerprint density at radius 3 is 2.33 bits per heavy atom. The van der Waals surface area contributed by atoms with Crippen molar-refractivity contribution in [3.05, 3.63) is 39.9 Å². The molecule has 0 atom stereocenters. The summed E-state index contributed by atoms with van der Waals surface area (Å²) in [5.74, 6) is 0.420. The van der Waals surface area contributed by atoms with Gasteiger partial charge in [0.25, 0.3) is 5.69 Å². The topological polar surface area (TPSA) is 92.6 Å². The molecule has 0 spiro atoms. The maximum absolute atomic E-state index is 12.5. The standard InChI is InChI=1S/C15H23N3O4S.ClH/c1-2-16-11-13-7-9-17(10-8-13)23(21,22)12-14-3-5-15(6-4-14)18(19)20;/h3-6,13,16H,2,7-12H2,1H3;1H. The lowest BCUT2D eigenvalue weighted by Gasteiger charge is -2.31. The van der Waals surface area contributed by atoms with E-state index in [0.717, 1.165) is 25.9 Å². The summed E-state index contributed by atoms with van der Waals surface area (Å²) in [5.41, 5.74) is 0.542. The van der Waals surface area contributed by atoms with Gasteiger partial charge >= 0.3 is 0 Å². The largest absolute Gasteiger partial charge is 0.317 e. The molecule has 24 heavy (non-hydrogen) atoms. The van der Waals surface area contributed by atoms with Crippen LogP contribution < -0.4 is 5.32 Å². The van der Waals surface area contributed by atoms with Crippen LogP contribution in [0.15, 0.2) is 24.3 Å². The van der Waals surface area contributed by atoms with Crippen LogP contribution in [0.1, 0.15) is 25.3 Å². The second kappa shape index (κ2) is 9.31. The summed E-state index contributed by atoms with van der Waals surface area (Å²) in [6.07, 6.45) is 1.74. The Hall–Kier alpha value is -1.22. The average molecular weight is 378 g/mol. The van der Waals surface area contributed by atoms with Crippen molar-refractivity contribution in [2.45, 2.75) is 25.5 Å². The highest BCUT2D eigenvalue weighted by Crippen LogP contribution is 2.22. The molecule has 7 nitrogen and oxygen atoms in total. The molecule has 2 rings (SSSR count). The fraction of sp³-hybridized carbons (Fsp3) is 0.600. The Bertz CT molecular complexity index is 629. The van der Waals surface area contributed by atoms with Gasteiger partial charge in [-0.25, -0.2) is 12.7 Å². The molecule has 9 heteroatoms. The second-order valence-corrected chi connectivity index (χ2v) is 7.80. The van der Waals surface area contributed by atoms with Crippen LogP contribution in [0.4, 0.5) is 5.69 Å². The number of piperidine rings is 1. The predicted molar refractivity (Wildman–Crippen MR) is 95.8 cm³/mol. The number of benzene rings is 1. The van der Waals surface area contributed by atoms with Crippen molar-refractivity contribution in [3.8, 4) is 0 Å². The summed E-state index contributed by atoms with van der Waals surface area (Å²) >= 11 is 0. The van der Waals surface area contributed by atoms with Crippen LogP contribution in [0.25, 0.3) is 0 Å². The van der Waals surface area contributed by atoms with E-state index >= 15 is 0 Å². The number of hydrogen-bond donors (Lipinski definition) is 1. The summed E-state index contributed by atoms with van der Waals surface area (Å²) in [6, 6.07) is 5.70. The predicted octanol–water partition coefficient (Wildman–Crippen LogP) is 2.17. The molecular formula is C15H24ClN3O4S. The van der Waals surface area contributed by atoms with Crippen LogP contribution in [-0.2, 0) is 15.8 Å². The minimum Gasteiger partial charge on any atom is -0.317 e. The van der Waals surface area contributed by atoms with Crippen molar-refractivity contribution >= 4 is 28.1 Å². The first-order valence-corrected chi connectivity index (χ1v) is 9.45. The average Bonchev–Trinajstić information content (AvgIpc) is 2.53. The van der Waals surface area contributed by atoms with Gasteiger partial charge in [0.05, 0.1) is 10.7 Å². The number of nitrogens with one attached hydrogen (secondary N) is 1. The Morgan fingerprint density at radius 2 is 1.83 bits per heavy atom. The number of halogens is 1. The molecule has 1 aliphatic heterocycles. The van der Waals surface area contributed by atoms with Crippen molar-refractivity contribution in [3.63, 3.8) is 0 Å². The van der Waals surface area contributed by atoms with Crippen LogP contribution in [0.3, 0.4) is 0 Å². The molecule has 136 valence electrons. The van der Waals surface area contributed by atoms with Gasteiger partial charge < -0.3 is 5.32 Å². The van der Waals surface area contributed by atoms with Gasteiger partial charge in [-0.15, -0.1) is 12.4 Å². The maximum atomic E-state index is 12.5. The first-order chi connectivity index (χ1) is 10.9. The summed E-state index contributed by atoms with van der Waals surface area (Å²) in [7, 11) is -3.37. The quantitative estimate of drug-likeness (QED) is 0.580. The molecule has 1 heterocycles. The van der Waals surface area contributed by atoms with Gasteiger partial charge in [-0.3, -0.25) is 10.1 Å². The number of nitrogens with zero attached hydrogens (tertiary/aromatic N) is 2. The third kappa shape index (κ3) is 5.70. The molecule has 0 radical (unpaired) electrons. The monoisotopic (exact) mass is 377 g/mol. The molecule has 1 saturated heterocycles. The highest BCUT2D eigenvalue weighted by molar-refractivity contribution is 7.88. The summed E-state index contributed by atoms with van der Waals surface area (Å²) in [5, 5.41) is 13.9. The van der Waals surface area contributed by atoms with Gasteiger partial charge in [0, 0.05) is 25.2 Å². The van der Waals surface area contributed by atoms with E-state index in [9.17, 15) is 18.5 Å². The molecule has 1 aromatic rings. The van der Waals surface area contributed by atoms with Crippen molar-refractivity contribution in [1.29, 1.82) is 0 Å². The molecular weight excluding hydrogens is 354 g/mol. The smallest absolute Gasteiger partial charge is 0.269 e. The van der Waals surface area contributed by atoms with E-state index in [1.165, 1.54) is 28.6 Å². The lowest BCUT2D eigenvalue weighted by atomic mass is 9.98.